The lowest BCUT2D eigenvalue weighted by Crippen LogP contribution is -2.52. The molecule has 26 heavy (non-hydrogen) atoms. The molecule has 0 unspecified atom stereocenters. The minimum Gasteiger partial charge on any atom is -0.497 e. The van der Waals surface area contributed by atoms with Gasteiger partial charge < -0.3 is 19.4 Å². The highest BCUT2D eigenvalue weighted by Gasteiger charge is 2.23. The number of benzene rings is 1. The van der Waals surface area contributed by atoms with Crippen molar-refractivity contribution >= 4 is 23.8 Å². The molecule has 0 spiro atoms. The molecule has 7 nitrogen and oxygen atoms in total. The Bertz CT molecular complexity index is 694. The van der Waals surface area contributed by atoms with E-state index in [1.165, 1.54) is 17.9 Å². The monoisotopic (exact) mass is 359 g/mol. The van der Waals surface area contributed by atoms with Crippen LogP contribution >= 0.6 is 0 Å². The molecule has 1 aromatic carbocycles. The number of piperazine rings is 1. The van der Waals surface area contributed by atoms with E-state index in [9.17, 15) is 14.4 Å². The van der Waals surface area contributed by atoms with Gasteiger partial charge >= 0.3 is 0 Å². The van der Waals surface area contributed by atoms with Crippen LogP contribution in [0.4, 0.5) is 0 Å². The molecule has 1 fully saturated rings. The quantitative estimate of drug-likeness (QED) is 0.731. The minimum atomic E-state index is -0.247. The second-order valence-electron chi connectivity index (χ2n) is 6.19. The zero-order valence-electron chi connectivity index (χ0n) is 15.5. The van der Waals surface area contributed by atoms with E-state index < -0.39 is 0 Å². The second kappa shape index (κ2) is 9.03. The zero-order chi connectivity index (χ0) is 19.1. The normalized spacial score (nSPS) is 14.4. The van der Waals surface area contributed by atoms with Gasteiger partial charge in [-0.05, 0) is 23.8 Å². The number of methoxy groups -OCH3 is 1. The molecule has 3 amide bonds. The van der Waals surface area contributed by atoms with E-state index in [2.05, 4.69) is 0 Å². The first-order chi connectivity index (χ1) is 12.4. The highest BCUT2D eigenvalue weighted by atomic mass is 16.5. The van der Waals surface area contributed by atoms with Crippen LogP contribution < -0.4 is 4.74 Å². The molecule has 1 heterocycles. The first-order valence-corrected chi connectivity index (χ1v) is 8.51. The molecular formula is C19H25N3O4. The summed E-state index contributed by atoms with van der Waals surface area (Å²) < 4.78 is 5.15. The van der Waals surface area contributed by atoms with Crippen LogP contribution in [0.25, 0.3) is 6.08 Å². The lowest BCUT2D eigenvalue weighted by atomic mass is 10.2. The van der Waals surface area contributed by atoms with Gasteiger partial charge in [0, 0.05) is 46.2 Å². The summed E-state index contributed by atoms with van der Waals surface area (Å²) in [4.78, 5) is 40.7. The Morgan fingerprint density at radius 2 is 1.81 bits per heavy atom. The van der Waals surface area contributed by atoms with Gasteiger partial charge in [-0.25, -0.2) is 0 Å². The Hall–Kier alpha value is -2.83. The number of carbonyl (C=O) groups excluding carboxylic acids is 3. The summed E-state index contributed by atoms with van der Waals surface area (Å²) >= 11 is 0. The number of amides is 3. The Morgan fingerprint density at radius 3 is 2.42 bits per heavy atom. The molecule has 0 bridgehead atoms. The van der Waals surface area contributed by atoms with Gasteiger partial charge in [-0.1, -0.05) is 12.1 Å². The fourth-order valence-electron chi connectivity index (χ4n) is 2.69. The van der Waals surface area contributed by atoms with Crippen molar-refractivity contribution < 1.29 is 19.1 Å². The molecule has 1 aromatic rings. The van der Waals surface area contributed by atoms with Crippen LogP contribution in [0.1, 0.15) is 12.5 Å². The van der Waals surface area contributed by atoms with Gasteiger partial charge in [0.2, 0.25) is 17.7 Å². The second-order valence-corrected chi connectivity index (χ2v) is 6.19. The molecule has 0 aromatic heterocycles. The number of carbonyl (C=O) groups is 3. The number of ether oxygens (including phenoxy) is 1. The maximum absolute atomic E-state index is 12.3. The number of likely N-dealkylation sites (N-methyl/N-ethyl adjacent to an activating group) is 1. The van der Waals surface area contributed by atoms with Crippen LogP contribution in [0.15, 0.2) is 30.3 Å². The van der Waals surface area contributed by atoms with Gasteiger partial charge in [-0.2, -0.15) is 0 Å². The topological polar surface area (TPSA) is 70.2 Å². The SMILES string of the molecule is COc1cccc(/C=C/C(=O)N(C)CC(=O)N2CCN(C(C)=O)CC2)c1. The third-order valence-corrected chi connectivity index (χ3v) is 4.34. The van der Waals surface area contributed by atoms with Crippen LogP contribution in [0.2, 0.25) is 0 Å². The number of rotatable bonds is 5. The van der Waals surface area contributed by atoms with Gasteiger partial charge in [-0.15, -0.1) is 0 Å². The standard InChI is InChI=1S/C19H25N3O4/c1-15(23)21-9-11-22(12-10-21)19(25)14-20(2)18(24)8-7-16-5-4-6-17(13-16)26-3/h4-8,13H,9-12,14H2,1-3H3/b8-7+. The molecular weight excluding hydrogens is 334 g/mol. The van der Waals surface area contributed by atoms with Crippen LogP contribution in [-0.2, 0) is 14.4 Å². The number of nitrogens with zero attached hydrogens (tertiary/aromatic N) is 3. The summed E-state index contributed by atoms with van der Waals surface area (Å²) in [6.45, 7) is 3.61. The van der Waals surface area contributed by atoms with Crippen molar-refractivity contribution in [3.63, 3.8) is 0 Å². The van der Waals surface area contributed by atoms with Crippen molar-refractivity contribution in [3.8, 4) is 5.75 Å². The first-order valence-electron chi connectivity index (χ1n) is 8.51. The van der Waals surface area contributed by atoms with Crippen molar-refractivity contribution in [2.45, 2.75) is 6.92 Å². The molecule has 140 valence electrons. The van der Waals surface area contributed by atoms with Gasteiger partial charge in [0.05, 0.1) is 13.7 Å². The largest absolute Gasteiger partial charge is 0.497 e. The maximum atomic E-state index is 12.3. The molecule has 1 aliphatic heterocycles. The van der Waals surface area contributed by atoms with Crippen LogP contribution in [-0.4, -0.2) is 79.3 Å². The summed E-state index contributed by atoms with van der Waals surface area (Å²) in [6.07, 6.45) is 3.13. The molecule has 2 rings (SSSR count). The van der Waals surface area contributed by atoms with E-state index in [4.69, 9.17) is 4.74 Å². The molecule has 0 atom stereocenters. The molecule has 7 heteroatoms. The molecule has 0 radical (unpaired) electrons. The molecule has 0 N–H and O–H groups in total. The van der Waals surface area contributed by atoms with Crippen molar-refractivity contribution in [2.24, 2.45) is 0 Å². The lowest BCUT2D eigenvalue weighted by Gasteiger charge is -2.34. The van der Waals surface area contributed by atoms with E-state index in [0.717, 1.165) is 5.56 Å². The van der Waals surface area contributed by atoms with E-state index in [1.807, 2.05) is 24.3 Å². The maximum Gasteiger partial charge on any atom is 0.246 e. The smallest absolute Gasteiger partial charge is 0.246 e. The fraction of sp³-hybridized carbons (Fsp3) is 0.421. The van der Waals surface area contributed by atoms with Crippen molar-refractivity contribution in [1.82, 2.24) is 14.7 Å². The van der Waals surface area contributed by atoms with Gasteiger partial charge in [0.25, 0.3) is 0 Å². The average Bonchev–Trinajstić information content (AvgIpc) is 2.66. The Morgan fingerprint density at radius 1 is 1.15 bits per heavy atom. The van der Waals surface area contributed by atoms with E-state index in [-0.39, 0.29) is 24.3 Å². The first kappa shape index (κ1) is 19.5. The summed E-state index contributed by atoms with van der Waals surface area (Å²) in [5.41, 5.74) is 0.845. The summed E-state index contributed by atoms with van der Waals surface area (Å²) in [6, 6.07) is 7.36. The summed E-state index contributed by atoms with van der Waals surface area (Å²) in [5, 5.41) is 0. The van der Waals surface area contributed by atoms with Crippen LogP contribution in [0.3, 0.4) is 0 Å². The average molecular weight is 359 g/mol. The van der Waals surface area contributed by atoms with Gasteiger partial charge in [0.15, 0.2) is 0 Å². The number of hydrogen-bond acceptors (Lipinski definition) is 4. The third-order valence-electron chi connectivity index (χ3n) is 4.34. The molecule has 1 aliphatic rings. The van der Waals surface area contributed by atoms with Gasteiger partial charge in [-0.3, -0.25) is 14.4 Å². The Kier molecular flexibility index (Phi) is 6.77. The number of hydrogen-bond donors (Lipinski definition) is 0. The molecule has 0 saturated carbocycles. The van der Waals surface area contributed by atoms with Gasteiger partial charge in [0.1, 0.15) is 5.75 Å². The third kappa shape index (κ3) is 5.34. The summed E-state index contributed by atoms with van der Waals surface area (Å²) in [5.74, 6) is 0.377. The van der Waals surface area contributed by atoms with Crippen LogP contribution in [0.5, 0.6) is 5.75 Å². The predicted octanol–water partition coefficient (Wildman–Crippen LogP) is 0.857. The van der Waals surface area contributed by atoms with Crippen molar-refractivity contribution in [1.29, 1.82) is 0 Å². The van der Waals surface area contributed by atoms with E-state index in [0.29, 0.717) is 31.9 Å². The Balaban J connectivity index is 1.85. The Labute approximate surface area is 153 Å². The van der Waals surface area contributed by atoms with Crippen molar-refractivity contribution in [2.75, 3.05) is 46.9 Å². The van der Waals surface area contributed by atoms with E-state index in [1.54, 1.807) is 30.0 Å². The van der Waals surface area contributed by atoms with Crippen molar-refractivity contribution in [3.05, 3.63) is 35.9 Å². The zero-order valence-corrected chi connectivity index (χ0v) is 15.5. The fourth-order valence-corrected chi connectivity index (χ4v) is 2.69. The summed E-state index contributed by atoms with van der Waals surface area (Å²) in [7, 11) is 3.19. The lowest BCUT2D eigenvalue weighted by molar-refractivity contribution is -0.141. The molecule has 1 saturated heterocycles. The van der Waals surface area contributed by atoms with E-state index >= 15 is 0 Å². The molecule has 0 aliphatic carbocycles. The van der Waals surface area contributed by atoms with Crippen LogP contribution in [0, 0.1) is 0 Å². The minimum absolute atomic E-state index is 0.0152. The predicted molar refractivity (Wildman–Crippen MR) is 98.5 cm³/mol. The highest BCUT2D eigenvalue weighted by molar-refractivity contribution is 5.94. The highest BCUT2D eigenvalue weighted by Crippen LogP contribution is 2.13.